The third-order valence-corrected chi connectivity index (χ3v) is 4.54. The van der Waals surface area contributed by atoms with Gasteiger partial charge in [0.25, 0.3) is 0 Å². The topological polar surface area (TPSA) is 9.23 Å². The molecule has 1 nitrogen and oxygen atoms in total. The van der Waals surface area contributed by atoms with E-state index >= 15 is 0 Å². The molecule has 2 bridgehead atoms. The molecule has 0 aromatic heterocycles. The number of hydrogen-bond acceptors (Lipinski definition) is 1. The summed E-state index contributed by atoms with van der Waals surface area (Å²) in [5.41, 5.74) is 3.73. The molecule has 1 saturated heterocycles. The molecular formula is C16H27BO. The highest BCUT2D eigenvalue weighted by atomic mass is 16.5. The molecule has 1 aliphatic carbocycles. The molecule has 0 saturated carbocycles. The van der Waals surface area contributed by atoms with Crippen molar-refractivity contribution in [3.8, 4) is 0 Å². The molecule has 2 aliphatic rings. The minimum Gasteiger partial charge on any atom is -0.380 e. The average Bonchev–Trinajstić information content (AvgIpc) is 2.11. The van der Waals surface area contributed by atoms with Gasteiger partial charge in [0.15, 0.2) is 0 Å². The molecule has 1 aliphatic heterocycles. The number of fused-ring (bicyclic) bond motifs is 2. The van der Waals surface area contributed by atoms with Gasteiger partial charge in [0, 0.05) is 7.11 Å². The Morgan fingerprint density at radius 2 is 2.17 bits per heavy atom. The van der Waals surface area contributed by atoms with Gasteiger partial charge in [-0.25, -0.2) is 0 Å². The summed E-state index contributed by atoms with van der Waals surface area (Å²) in [6.07, 6.45) is 8.98. The Bertz CT molecular complexity index is 373. The summed E-state index contributed by atoms with van der Waals surface area (Å²) in [4.78, 5) is 0. The molecule has 1 fully saturated rings. The second-order valence-corrected chi connectivity index (χ2v) is 7.49. The number of rotatable bonds is 4. The van der Waals surface area contributed by atoms with Crippen molar-refractivity contribution in [3.63, 3.8) is 0 Å². The normalized spacial score (nSPS) is 35.3. The van der Waals surface area contributed by atoms with Gasteiger partial charge in [-0.2, -0.15) is 0 Å². The Kier molecular flexibility index (Phi) is 3.78. The first-order valence-electron chi connectivity index (χ1n) is 7.18. The maximum atomic E-state index is 5.35. The van der Waals surface area contributed by atoms with Crippen LogP contribution in [0.25, 0.3) is 0 Å². The molecule has 0 aromatic carbocycles. The smallest absolute Gasteiger partial charge is 0.145 e. The lowest BCUT2D eigenvalue weighted by Crippen LogP contribution is -2.43. The van der Waals surface area contributed by atoms with E-state index in [4.69, 9.17) is 4.74 Å². The largest absolute Gasteiger partial charge is 0.380 e. The van der Waals surface area contributed by atoms with Crippen LogP contribution >= 0.6 is 0 Å². The van der Waals surface area contributed by atoms with Gasteiger partial charge < -0.3 is 4.74 Å². The highest BCUT2D eigenvalue weighted by molar-refractivity contribution is 6.60. The van der Waals surface area contributed by atoms with Gasteiger partial charge in [0.2, 0.25) is 0 Å². The number of hydrogen-bond donors (Lipinski definition) is 0. The van der Waals surface area contributed by atoms with Gasteiger partial charge in [-0.05, 0) is 36.2 Å². The minimum atomic E-state index is 0.388. The third kappa shape index (κ3) is 3.09. The monoisotopic (exact) mass is 246 g/mol. The molecule has 0 radical (unpaired) electrons. The van der Waals surface area contributed by atoms with Crippen LogP contribution in [0.5, 0.6) is 0 Å². The molecule has 1 heterocycles. The van der Waals surface area contributed by atoms with Gasteiger partial charge in [0.05, 0.1) is 6.61 Å². The van der Waals surface area contributed by atoms with E-state index in [1.807, 2.05) is 0 Å². The second kappa shape index (κ2) is 4.88. The molecule has 0 amide bonds. The summed E-state index contributed by atoms with van der Waals surface area (Å²) >= 11 is 0. The molecule has 0 spiro atoms. The van der Waals surface area contributed by atoms with E-state index in [9.17, 15) is 0 Å². The van der Waals surface area contributed by atoms with E-state index in [0.29, 0.717) is 10.8 Å². The molecule has 18 heavy (non-hydrogen) atoms. The summed E-state index contributed by atoms with van der Waals surface area (Å²) in [6.45, 7) is 12.8. The van der Waals surface area contributed by atoms with Crippen LogP contribution in [0, 0.1) is 10.8 Å². The molecule has 0 aromatic rings. The molecule has 2 unspecified atom stereocenters. The first-order chi connectivity index (χ1) is 8.34. The fraction of sp³-hybridized carbons (Fsp3) is 0.750. The number of allylic oxidation sites excluding steroid dienone is 2. The van der Waals surface area contributed by atoms with Crippen LogP contribution in [0.3, 0.4) is 0 Å². The second-order valence-electron chi connectivity index (χ2n) is 7.49. The summed E-state index contributed by atoms with van der Waals surface area (Å²) in [5, 5.41) is 0. The lowest BCUT2D eigenvalue weighted by Gasteiger charge is -2.50. The van der Waals surface area contributed by atoms with Crippen LogP contribution in [0.1, 0.15) is 33.6 Å². The van der Waals surface area contributed by atoms with Gasteiger partial charge in [-0.3, -0.25) is 0 Å². The zero-order valence-corrected chi connectivity index (χ0v) is 12.5. The van der Waals surface area contributed by atoms with Crippen molar-refractivity contribution in [1.82, 2.24) is 0 Å². The Morgan fingerprint density at radius 1 is 1.44 bits per heavy atom. The van der Waals surface area contributed by atoms with Crippen LogP contribution < -0.4 is 0 Å². The standard InChI is InChI=1S/C16H27BO/c1-13(2)8-17-11-15(3)6-14(9-18-5)7-16(4,10-15)12-17/h6H,1,7-12H2,2-5H3. The van der Waals surface area contributed by atoms with Crippen LogP contribution in [-0.4, -0.2) is 20.4 Å². The van der Waals surface area contributed by atoms with Crippen molar-refractivity contribution in [2.45, 2.75) is 52.6 Å². The summed E-state index contributed by atoms with van der Waals surface area (Å²) in [5.74, 6) is 0. The van der Waals surface area contributed by atoms with Gasteiger partial charge >= 0.3 is 0 Å². The lowest BCUT2D eigenvalue weighted by molar-refractivity contribution is 0.164. The van der Waals surface area contributed by atoms with Crippen LogP contribution in [0.15, 0.2) is 23.8 Å². The minimum absolute atomic E-state index is 0.388. The van der Waals surface area contributed by atoms with Gasteiger partial charge in [-0.1, -0.05) is 44.5 Å². The molecule has 0 N–H and O–H groups in total. The van der Waals surface area contributed by atoms with Crippen molar-refractivity contribution in [3.05, 3.63) is 23.8 Å². The van der Waals surface area contributed by atoms with Crippen molar-refractivity contribution in [1.29, 1.82) is 0 Å². The van der Waals surface area contributed by atoms with Crippen LogP contribution in [0.4, 0.5) is 0 Å². The number of ether oxygens (including phenoxy) is 1. The van der Waals surface area contributed by atoms with Crippen LogP contribution in [0.2, 0.25) is 19.0 Å². The maximum absolute atomic E-state index is 5.35. The fourth-order valence-electron chi connectivity index (χ4n) is 4.80. The third-order valence-electron chi connectivity index (χ3n) is 4.54. The molecule has 2 atom stereocenters. The van der Waals surface area contributed by atoms with Crippen molar-refractivity contribution < 1.29 is 4.74 Å². The summed E-state index contributed by atoms with van der Waals surface area (Å²) < 4.78 is 5.35. The zero-order chi connectivity index (χ0) is 13.4. The molecule has 2 rings (SSSR count). The van der Waals surface area contributed by atoms with E-state index in [-0.39, 0.29) is 0 Å². The molecule has 100 valence electrons. The zero-order valence-electron chi connectivity index (χ0n) is 12.5. The Balaban J connectivity index is 2.18. The molecule has 2 heteroatoms. The van der Waals surface area contributed by atoms with E-state index in [1.165, 1.54) is 42.9 Å². The van der Waals surface area contributed by atoms with Gasteiger partial charge in [-0.15, -0.1) is 6.58 Å². The Hall–Kier alpha value is -0.495. The Labute approximate surface area is 113 Å². The summed E-state index contributed by atoms with van der Waals surface area (Å²) in [7, 11) is 1.81. The quantitative estimate of drug-likeness (QED) is 0.526. The Morgan fingerprint density at radius 3 is 2.72 bits per heavy atom. The van der Waals surface area contributed by atoms with E-state index in [0.717, 1.165) is 13.3 Å². The first-order valence-corrected chi connectivity index (χ1v) is 7.18. The van der Waals surface area contributed by atoms with Crippen molar-refractivity contribution in [2.75, 3.05) is 13.7 Å². The van der Waals surface area contributed by atoms with Gasteiger partial charge in [0.1, 0.15) is 6.71 Å². The lowest BCUT2D eigenvalue weighted by atomic mass is 9.29. The highest BCUT2D eigenvalue weighted by Gasteiger charge is 2.46. The van der Waals surface area contributed by atoms with Crippen molar-refractivity contribution >= 4 is 6.71 Å². The first kappa shape index (κ1) is 13.9. The fourth-order valence-corrected chi connectivity index (χ4v) is 4.80. The van der Waals surface area contributed by atoms with E-state index in [2.05, 4.69) is 33.4 Å². The van der Waals surface area contributed by atoms with Crippen molar-refractivity contribution in [2.24, 2.45) is 10.8 Å². The summed E-state index contributed by atoms with van der Waals surface area (Å²) in [6, 6.07) is 0. The predicted octanol–water partition coefficient (Wildman–Crippen LogP) is 4.45. The molecular weight excluding hydrogens is 219 g/mol. The van der Waals surface area contributed by atoms with E-state index in [1.54, 1.807) is 7.11 Å². The van der Waals surface area contributed by atoms with E-state index < -0.39 is 0 Å². The predicted molar refractivity (Wildman–Crippen MR) is 80.4 cm³/mol. The number of methoxy groups -OCH3 is 1. The average molecular weight is 246 g/mol. The maximum Gasteiger partial charge on any atom is 0.145 e. The van der Waals surface area contributed by atoms with Crippen LogP contribution in [-0.2, 0) is 4.74 Å². The highest BCUT2D eigenvalue weighted by Crippen LogP contribution is 2.55. The SMILES string of the molecule is C=C(C)CB1CC2(C)C=C(COC)CC(C)(C1)C2.